The van der Waals surface area contributed by atoms with E-state index in [1.165, 1.54) is 0 Å². The van der Waals surface area contributed by atoms with Crippen LogP contribution in [0.15, 0.2) is 0 Å². The van der Waals surface area contributed by atoms with Crippen LogP contribution >= 0.6 is 0 Å². The lowest BCUT2D eigenvalue weighted by Gasteiger charge is -1.99. The number of ether oxygens (including phenoxy) is 3. The first-order chi connectivity index (χ1) is 6.02. The molecule has 0 spiro atoms. The lowest BCUT2D eigenvalue weighted by atomic mass is 10.5. The van der Waals surface area contributed by atoms with Crippen molar-refractivity contribution in [2.45, 2.75) is 20.0 Å². The summed E-state index contributed by atoms with van der Waals surface area (Å²) in [6.07, 6.45) is -1.98. The summed E-state index contributed by atoms with van der Waals surface area (Å²) in [7, 11) is 0. The van der Waals surface area contributed by atoms with Crippen molar-refractivity contribution in [3.63, 3.8) is 0 Å². The summed E-state index contributed by atoms with van der Waals surface area (Å²) in [4.78, 5) is 19.4. The Labute approximate surface area is 75.4 Å². The van der Waals surface area contributed by atoms with Gasteiger partial charge in [0, 0.05) is 0 Å². The fraction of sp³-hybridized carbons (Fsp3) is 0.714. The Kier molecular flexibility index (Phi) is 5.42. The van der Waals surface area contributed by atoms with Crippen LogP contribution in [0.5, 0.6) is 0 Å². The summed E-state index contributed by atoms with van der Waals surface area (Å²) in [6, 6.07) is 0. The molecule has 0 aromatic heterocycles. The lowest BCUT2D eigenvalue weighted by Crippen LogP contribution is -2.07. The standard InChI is InChI=1S/C4H8O3.C3H4O3/c1-3(2)7-4(5)6;4-3-5-1-2-6-3/h3H,1-2H3,(H,5,6);1-2H2. The van der Waals surface area contributed by atoms with Gasteiger partial charge in [-0.05, 0) is 13.8 Å². The predicted molar refractivity (Wildman–Crippen MR) is 41.5 cm³/mol. The molecule has 0 aromatic carbocycles. The van der Waals surface area contributed by atoms with Crippen LogP contribution in [0.2, 0.25) is 0 Å². The van der Waals surface area contributed by atoms with Gasteiger partial charge >= 0.3 is 12.3 Å². The van der Waals surface area contributed by atoms with Crippen molar-refractivity contribution in [3.05, 3.63) is 0 Å². The molecule has 76 valence electrons. The van der Waals surface area contributed by atoms with Gasteiger partial charge in [0.1, 0.15) is 13.2 Å². The van der Waals surface area contributed by atoms with Gasteiger partial charge in [0.15, 0.2) is 0 Å². The summed E-state index contributed by atoms with van der Waals surface area (Å²) in [5, 5.41) is 7.86. The molecule has 0 amide bonds. The predicted octanol–water partition coefficient (Wildman–Crippen LogP) is 1.24. The second-order valence-corrected chi connectivity index (χ2v) is 2.38. The molecule has 1 aliphatic heterocycles. The highest BCUT2D eigenvalue weighted by Crippen LogP contribution is 1.92. The zero-order valence-corrected chi connectivity index (χ0v) is 7.48. The summed E-state index contributed by atoms with van der Waals surface area (Å²) in [5.74, 6) is 0. The van der Waals surface area contributed by atoms with Gasteiger partial charge < -0.3 is 19.3 Å². The molecule has 1 N–H and O–H groups in total. The topological polar surface area (TPSA) is 82.1 Å². The number of carbonyl (C=O) groups excluding carboxylic acids is 1. The van der Waals surface area contributed by atoms with Crippen LogP contribution in [0.25, 0.3) is 0 Å². The fourth-order valence-electron chi connectivity index (χ4n) is 0.493. The minimum atomic E-state index is -1.21. The van der Waals surface area contributed by atoms with E-state index in [1.54, 1.807) is 13.8 Å². The molecule has 1 fully saturated rings. The fourth-order valence-corrected chi connectivity index (χ4v) is 0.493. The maximum atomic E-state index is 9.80. The van der Waals surface area contributed by atoms with Crippen LogP contribution < -0.4 is 0 Å². The van der Waals surface area contributed by atoms with E-state index in [1.807, 2.05) is 0 Å². The van der Waals surface area contributed by atoms with Gasteiger partial charge in [-0.3, -0.25) is 0 Å². The second-order valence-electron chi connectivity index (χ2n) is 2.38. The summed E-state index contributed by atoms with van der Waals surface area (Å²) in [6.45, 7) is 4.15. The van der Waals surface area contributed by atoms with E-state index in [0.29, 0.717) is 13.2 Å². The van der Waals surface area contributed by atoms with E-state index in [0.717, 1.165) is 0 Å². The third-order valence-corrected chi connectivity index (χ3v) is 0.860. The summed E-state index contributed by atoms with van der Waals surface area (Å²) in [5.41, 5.74) is 0. The van der Waals surface area contributed by atoms with Crippen LogP contribution in [0.4, 0.5) is 9.59 Å². The van der Waals surface area contributed by atoms with Crippen molar-refractivity contribution in [2.24, 2.45) is 0 Å². The number of cyclic esters (lactones) is 2. The molecule has 0 unspecified atom stereocenters. The average molecular weight is 192 g/mol. The molecule has 1 heterocycles. The molecule has 1 saturated heterocycles. The molecule has 0 bridgehead atoms. The van der Waals surface area contributed by atoms with Crippen LogP contribution in [0.3, 0.4) is 0 Å². The van der Waals surface area contributed by atoms with E-state index in [4.69, 9.17) is 5.11 Å². The monoisotopic (exact) mass is 192 g/mol. The largest absolute Gasteiger partial charge is 0.508 e. The number of hydrogen-bond donors (Lipinski definition) is 1. The molecular weight excluding hydrogens is 180 g/mol. The van der Waals surface area contributed by atoms with E-state index >= 15 is 0 Å². The Bertz CT molecular complexity index is 168. The quantitative estimate of drug-likeness (QED) is 0.629. The summed E-state index contributed by atoms with van der Waals surface area (Å²) < 4.78 is 12.8. The van der Waals surface area contributed by atoms with Gasteiger partial charge in [0.25, 0.3) is 0 Å². The molecule has 6 nitrogen and oxygen atoms in total. The van der Waals surface area contributed by atoms with Crippen molar-refractivity contribution in [3.8, 4) is 0 Å². The van der Waals surface area contributed by atoms with Gasteiger partial charge in [-0.2, -0.15) is 0 Å². The molecule has 0 radical (unpaired) electrons. The Morgan fingerprint density at radius 2 is 1.92 bits per heavy atom. The maximum absolute atomic E-state index is 9.80. The molecule has 0 saturated carbocycles. The molecule has 1 aliphatic rings. The van der Waals surface area contributed by atoms with Gasteiger partial charge in [-0.25, -0.2) is 9.59 Å². The van der Waals surface area contributed by atoms with Gasteiger partial charge in [-0.15, -0.1) is 0 Å². The lowest BCUT2D eigenvalue weighted by molar-refractivity contribution is 0.0660. The van der Waals surface area contributed by atoms with Crippen molar-refractivity contribution in [2.75, 3.05) is 13.2 Å². The van der Waals surface area contributed by atoms with Gasteiger partial charge in [0.05, 0.1) is 6.10 Å². The van der Waals surface area contributed by atoms with E-state index in [-0.39, 0.29) is 6.10 Å². The van der Waals surface area contributed by atoms with E-state index < -0.39 is 12.3 Å². The first-order valence-electron chi connectivity index (χ1n) is 3.71. The highest BCUT2D eigenvalue weighted by atomic mass is 16.8. The third-order valence-electron chi connectivity index (χ3n) is 0.860. The molecule has 1 rings (SSSR count). The van der Waals surface area contributed by atoms with Crippen molar-refractivity contribution < 1.29 is 28.9 Å². The number of rotatable bonds is 1. The Balaban J connectivity index is 0.000000223. The maximum Gasteiger partial charge on any atom is 0.508 e. The number of carbonyl (C=O) groups is 2. The Hall–Kier alpha value is -1.46. The van der Waals surface area contributed by atoms with E-state index in [2.05, 4.69) is 14.2 Å². The molecule has 0 aromatic rings. The normalized spacial score (nSPS) is 13.9. The molecule has 0 atom stereocenters. The number of hydrogen-bond acceptors (Lipinski definition) is 5. The Morgan fingerprint density at radius 3 is 2.00 bits per heavy atom. The average Bonchev–Trinajstić information content (AvgIpc) is 2.37. The Morgan fingerprint density at radius 1 is 1.46 bits per heavy atom. The van der Waals surface area contributed by atoms with Crippen LogP contribution in [0.1, 0.15) is 13.8 Å². The minimum absolute atomic E-state index is 0.225. The highest BCUT2D eigenvalue weighted by Gasteiger charge is 2.09. The zero-order chi connectivity index (χ0) is 10.3. The van der Waals surface area contributed by atoms with Crippen LogP contribution in [0, 0.1) is 0 Å². The van der Waals surface area contributed by atoms with Crippen molar-refractivity contribution in [1.29, 1.82) is 0 Å². The highest BCUT2D eigenvalue weighted by molar-refractivity contribution is 5.61. The third kappa shape index (κ3) is 8.45. The first-order valence-corrected chi connectivity index (χ1v) is 3.71. The van der Waals surface area contributed by atoms with E-state index in [9.17, 15) is 9.59 Å². The zero-order valence-electron chi connectivity index (χ0n) is 7.48. The molecule has 0 aliphatic carbocycles. The van der Waals surface area contributed by atoms with Crippen LogP contribution in [-0.2, 0) is 14.2 Å². The SMILES string of the molecule is CC(C)OC(=O)O.O=C1OCCO1. The molecular formula is C7H12O6. The van der Waals surface area contributed by atoms with Crippen LogP contribution in [-0.4, -0.2) is 36.7 Å². The van der Waals surface area contributed by atoms with Gasteiger partial charge in [-0.1, -0.05) is 0 Å². The van der Waals surface area contributed by atoms with Crippen molar-refractivity contribution in [1.82, 2.24) is 0 Å². The summed E-state index contributed by atoms with van der Waals surface area (Å²) >= 11 is 0. The van der Waals surface area contributed by atoms with Crippen molar-refractivity contribution >= 4 is 12.3 Å². The molecule has 6 heteroatoms. The minimum Gasteiger partial charge on any atom is -0.450 e. The molecule has 13 heavy (non-hydrogen) atoms. The smallest absolute Gasteiger partial charge is 0.450 e. The first kappa shape index (κ1) is 11.5. The number of carboxylic acid groups (broad SMARTS) is 1. The van der Waals surface area contributed by atoms with Gasteiger partial charge in [0.2, 0.25) is 0 Å². The second kappa shape index (κ2) is 6.10.